The molecule has 0 unspecified atom stereocenters. The minimum Gasteiger partial charge on any atom is -0.486 e. The van der Waals surface area contributed by atoms with Gasteiger partial charge in [-0.25, -0.2) is 4.79 Å². The Hall–Kier alpha value is -0.990. The summed E-state index contributed by atoms with van der Waals surface area (Å²) in [5, 5.41) is 0. The highest BCUT2D eigenvalue weighted by atomic mass is 16.6. The summed E-state index contributed by atoms with van der Waals surface area (Å²) in [6.45, 7) is 4.68. The van der Waals surface area contributed by atoms with Crippen LogP contribution in [0.5, 0.6) is 0 Å². The maximum atomic E-state index is 11.1. The highest BCUT2D eigenvalue weighted by molar-refractivity contribution is 5.87. The first-order valence-electron chi connectivity index (χ1n) is 3.75. The fraction of sp³-hybridized carbons (Fsp3) is 0.625. The average molecular weight is 156 g/mol. The fourth-order valence-electron chi connectivity index (χ4n) is 0.973. The van der Waals surface area contributed by atoms with Crippen molar-refractivity contribution in [3.8, 4) is 0 Å². The van der Waals surface area contributed by atoms with Crippen LogP contribution in [0.1, 0.15) is 20.3 Å². The van der Waals surface area contributed by atoms with Crippen LogP contribution in [-0.4, -0.2) is 19.2 Å². The van der Waals surface area contributed by atoms with Gasteiger partial charge in [0, 0.05) is 6.42 Å². The topological polar surface area (TPSA) is 35.5 Å². The zero-order valence-electron chi connectivity index (χ0n) is 6.85. The van der Waals surface area contributed by atoms with E-state index < -0.39 is 0 Å². The van der Waals surface area contributed by atoms with Crippen LogP contribution in [0.3, 0.4) is 0 Å². The number of esters is 1. The van der Waals surface area contributed by atoms with Crippen LogP contribution < -0.4 is 0 Å². The standard InChI is InChI=1S/C8H12O3/c1-3-10-8(9)7-6(2)4-5-11-7/h3-5H2,1-2H3. The molecule has 0 aromatic carbocycles. The van der Waals surface area contributed by atoms with Gasteiger partial charge in [0.25, 0.3) is 0 Å². The van der Waals surface area contributed by atoms with Crippen LogP contribution in [0.15, 0.2) is 11.3 Å². The highest BCUT2D eigenvalue weighted by Crippen LogP contribution is 2.18. The monoisotopic (exact) mass is 156 g/mol. The van der Waals surface area contributed by atoms with Crippen molar-refractivity contribution in [3.63, 3.8) is 0 Å². The van der Waals surface area contributed by atoms with Gasteiger partial charge in [-0.15, -0.1) is 0 Å². The number of hydrogen-bond donors (Lipinski definition) is 0. The lowest BCUT2D eigenvalue weighted by atomic mass is 10.2. The van der Waals surface area contributed by atoms with Crippen LogP contribution in [0.2, 0.25) is 0 Å². The van der Waals surface area contributed by atoms with Gasteiger partial charge in [0.2, 0.25) is 5.76 Å². The number of rotatable bonds is 2. The summed E-state index contributed by atoms with van der Waals surface area (Å²) < 4.78 is 9.86. The van der Waals surface area contributed by atoms with Crippen molar-refractivity contribution in [2.75, 3.05) is 13.2 Å². The molecule has 0 atom stereocenters. The third-order valence-electron chi connectivity index (χ3n) is 1.57. The van der Waals surface area contributed by atoms with Gasteiger partial charge in [-0.1, -0.05) is 0 Å². The summed E-state index contributed by atoms with van der Waals surface area (Å²) in [5.41, 5.74) is 0.989. The van der Waals surface area contributed by atoms with Crippen molar-refractivity contribution < 1.29 is 14.3 Å². The van der Waals surface area contributed by atoms with Crippen LogP contribution >= 0.6 is 0 Å². The highest BCUT2D eigenvalue weighted by Gasteiger charge is 2.20. The van der Waals surface area contributed by atoms with Gasteiger partial charge in [-0.05, 0) is 19.4 Å². The van der Waals surface area contributed by atoms with E-state index >= 15 is 0 Å². The smallest absolute Gasteiger partial charge is 0.373 e. The molecule has 62 valence electrons. The van der Waals surface area contributed by atoms with Crippen LogP contribution in [0.4, 0.5) is 0 Å². The molecule has 0 saturated heterocycles. The number of carbonyl (C=O) groups is 1. The molecule has 0 aromatic heterocycles. The Balaban J connectivity index is 2.59. The molecule has 0 bridgehead atoms. The lowest BCUT2D eigenvalue weighted by molar-refractivity contribution is -0.142. The number of hydrogen-bond acceptors (Lipinski definition) is 3. The Morgan fingerprint density at radius 3 is 2.91 bits per heavy atom. The fourth-order valence-corrected chi connectivity index (χ4v) is 0.973. The molecule has 1 rings (SSSR count). The molecule has 0 fully saturated rings. The molecule has 0 saturated carbocycles. The Labute approximate surface area is 66.0 Å². The Morgan fingerprint density at radius 1 is 1.73 bits per heavy atom. The van der Waals surface area contributed by atoms with E-state index in [0.717, 1.165) is 12.0 Å². The lowest BCUT2D eigenvalue weighted by Crippen LogP contribution is -2.08. The van der Waals surface area contributed by atoms with Gasteiger partial charge >= 0.3 is 5.97 Å². The quantitative estimate of drug-likeness (QED) is 0.564. The third-order valence-corrected chi connectivity index (χ3v) is 1.57. The van der Waals surface area contributed by atoms with E-state index in [1.165, 1.54) is 0 Å². The molecule has 11 heavy (non-hydrogen) atoms. The zero-order valence-corrected chi connectivity index (χ0v) is 6.85. The van der Waals surface area contributed by atoms with Crippen LogP contribution in [0.25, 0.3) is 0 Å². The first kappa shape index (κ1) is 8.11. The van der Waals surface area contributed by atoms with Crippen molar-refractivity contribution in [1.29, 1.82) is 0 Å². The second-order valence-corrected chi connectivity index (χ2v) is 2.43. The van der Waals surface area contributed by atoms with E-state index in [1.54, 1.807) is 6.92 Å². The predicted molar refractivity (Wildman–Crippen MR) is 39.9 cm³/mol. The summed E-state index contributed by atoms with van der Waals surface area (Å²) in [7, 11) is 0. The summed E-state index contributed by atoms with van der Waals surface area (Å²) in [6, 6.07) is 0. The maximum absolute atomic E-state index is 11.1. The van der Waals surface area contributed by atoms with Crippen LogP contribution in [-0.2, 0) is 14.3 Å². The first-order valence-corrected chi connectivity index (χ1v) is 3.75. The summed E-state index contributed by atoms with van der Waals surface area (Å²) in [4.78, 5) is 11.1. The molecule has 0 amide bonds. The van der Waals surface area contributed by atoms with Gasteiger partial charge in [0.15, 0.2) is 0 Å². The lowest BCUT2D eigenvalue weighted by Gasteiger charge is -2.02. The van der Waals surface area contributed by atoms with Gasteiger partial charge in [0.1, 0.15) is 0 Å². The summed E-state index contributed by atoms with van der Waals surface area (Å²) in [6.07, 6.45) is 0.841. The zero-order chi connectivity index (χ0) is 8.27. The average Bonchev–Trinajstić information content (AvgIpc) is 2.36. The first-order chi connectivity index (χ1) is 5.25. The minimum absolute atomic E-state index is 0.331. The molecule has 1 heterocycles. The molecule has 0 radical (unpaired) electrons. The van der Waals surface area contributed by atoms with Crippen molar-refractivity contribution >= 4 is 5.97 Å². The normalized spacial score (nSPS) is 16.5. The van der Waals surface area contributed by atoms with Crippen molar-refractivity contribution in [2.24, 2.45) is 0 Å². The number of ether oxygens (including phenoxy) is 2. The Kier molecular flexibility index (Phi) is 2.52. The largest absolute Gasteiger partial charge is 0.486 e. The van der Waals surface area contributed by atoms with E-state index in [1.807, 2.05) is 6.92 Å². The van der Waals surface area contributed by atoms with Gasteiger partial charge in [0.05, 0.1) is 13.2 Å². The molecule has 0 aromatic rings. The second-order valence-electron chi connectivity index (χ2n) is 2.43. The molecule has 1 aliphatic heterocycles. The van der Waals surface area contributed by atoms with Crippen molar-refractivity contribution in [1.82, 2.24) is 0 Å². The van der Waals surface area contributed by atoms with E-state index in [0.29, 0.717) is 19.0 Å². The number of carbonyl (C=O) groups excluding carboxylic acids is 1. The van der Waals surface area contributed by atoms with E-state index in [2.05, 4.69) is 0 Å². The van der Waals surface area contributed by atoms with Gasteiger partial charge in [-0.2, -0.15) is 0 Å². The molecule has 0 aliphatic carbocycles. The van der Waals surface area contributed by atoms with Gasteiger partial charge in [-0.3, -0.25) is 0 Å². The SMILES string of the molecule is CCOC(=O)C1=C(C)CCO1. The Morgan fingerprint density at radius 2 is 2.45 bits per heavy atom. The van der Waals surface area contributed by atoms with E-state index in [9.17, 15) is 4.79 Å². The molecule has 0 N–H and O–H groups in total. The molecule has 1 aliphatic rings. The van der Waals surface area contributed by atoms with Crippen molar-refractivity contribution in [3.05, 3.63) is 11.3 Å². The summed E-state index contributed by atoms with van der Waals surface area (Å²) >= 11 is 0. The van der Waals surface area contributed by atoms with Crippen molar-refractivity contribution in [2.45, 2.75) is 20.3 Å². The third kappa shape index (κ3) is 1.73. The molecular weight excluding hydrogens is 144 g/mol. The molecular formula is C8H12O3. The molecule has 3 nitrogen and oxygen atoms in total. The van der Waals surface area contributed by atoms with Crippen LogP contribution in [0, 0.1) is 0 Å². The maximum Gasteiger partial charge on any atom is 0.373 e. The Bertz CT molecular complexity index is 194. The minimum atomic E-state index is -0.331. The molecule has 3 heteroatoms. The second kappa shape index (κ2) is 3.42. The van der Waals surface area contributed by atoms with E-state index in [-0.39, 0.29) is 5.97 Å². The predicted octanol–water partition coefficient (Wildman–Crippen LogP) is 1.24. The summed E-state index contributed by atoms with van der Waals surface area (Å²) in [5.74, 6) is 0.0781. The van der Waals surface area contributed by atoms with Gasteiger partial charge < -0.3 is 9.47 Å². The molecule has 0 spiro atoms. The van der Waals surface area contributed by atoms with E-state index in [4.69, 9.17) is 9.47 Å².